The number of thioether (sulfide) groups is 1. The van der Waals surface area contributed by atoms with Crippen LogP contribution in [0.15, 0.2) is 34.8 Å². The molecule has 3 rings (SSSR count). The van der Waals surface area contributed by atoms with Gasteiger partial charge in [0.2, 0.25) is 0 Å². The Kier molecular flexibility index (Phi) is 5.43. The molecule has 0 unspecified atom stereocenters. The lowest BCUT2D eigenvalue weighted by molar-refractivity contribution is -0.137. The third kappa shape index (κ3) is 3.81. The summed E-state index contributed by atoms with van der Waals surface area (Å²) in [5.41, 5.74) is 2.23. The van der Waals surface area contributed by atoms with Crippen LogP contribution in [0.4, 0.5) is 13.2 Å². The molecular formula is C18H18F3N3S2. The first kappa shape index (κ1) is 19.0. The van der Waals surface area contributed by atoms with Crippen LogP contribution < -0.4 is 0 Å². The number of aromatic nitrogens is 3. The highest BCUT2D eigenvalue weighted by molar-refractivity contribution is 7.98. The number of thiophene rings is 1. The number of nitrogens with zero attached hydrogens (tertiary/aromatic N) is 3. The van der Waals surface area contributed by atoms with Crippen LogP contribution in [0, 0.1) is 13.8 Å². The molecule has 0 spiro atoms. The minimum absolute atomic E-state index is 0.406. The smallest absolute Gasteiger partial charge is 0.302 e. The van der Waals surface area contributed by atoms with E-state index in [2.05, 4.69) is 29.4 Å². The van der Waals surface area contributed by atoms with Crippen molar-refractivity contribution in [1.82, 2.24) is 14.8 Å². The average molecular weight is 397 g/mol. The van der Waals surface area contributed by atoms with Crippen molar-refractivity contribution in [2.24, 2.45) is 0 Å². The van der Waals surface area contributed by atoms with E-state index in [4.69, 9.17) is 0 Å². The van der Waals surface area contributed by atoms with Crippen molar-refractivity contribution in [2.45, 2.75) is 44.4 Å². The zero-order valence-corrected chi connectivity index (χ0v) is 16.2. The van der Waals surface area contributed by atoms with Crippen molar-refractivity contribution in [3.05, 3.63) is 51.2 Å². The normalized spacial score (nSPS) is 11.9. The number of benzene rings is 1. The van der Waals surface area contributed by atoms with E-state index in [1.807, 2.05) is 11.5 Å². The van der Waals surface area contributed by atoms with E-state index in [1.54, 1.807) is 17.4 Å². The Morgan fingerprint density at radius 3 is 2.58 bits per heavy atom. The Balaban J connectivity index is 1.82. The minimum Gasteiger partial charge on any atom is -0.302 e. The van der Waals surface area contributed by atoms with E-state index in [-0.39, 0.29) is 0 Å². The summed E-state index contributed by atoms with van der Waals surface area (Å²) in [6, 6.07) is 5.41. The molecule has 8 heteroatoms. The Bertz CT molecular complexity index is 913. The van der Waals surface area contributed by atoms with Gasteiger partial charge in [-0.05, 0) is 38.0 Å². The van der Waals surface area contributed by atoms with Gasteiger partial charge in [0.25, 0.3) is 0 Å². The highest BCUT2D eigenvalue weighted by Gasteiger charge is 2.30. The minimum atomic E-state index is -4.33. The summed E-state index contributed by atoms with van der Waals surface area (Å²) in [5.74, 6) is 1.21. The standard InChI is InChI=1S/C18H18F3N3S2/c1-4-24-16(15-10-25-12(3)11(15)2)22-23-17(24)26-9-13-6-5-7-14(8-13)18(19,20)21/h5-8,10H,4,9H2,1-3H3. The summed E-state index contributed by atoms with van der Waals surface area (Å²) in [5, 5.41) is 11.4. The molecule has 26 heavy (non-hydrogen) atoms. The van der Waals surface area contributed by atoms with Crippen LogP contribution in [0.3, 0.4) is 0 Å². The Morgan fingerprint density at radius 1 is 1.19 bits per heavy atom. The molecule has 0 fully saturated rings. The van der Waals surface area contributed by atoms with Crippen LogP contribution in [-0.2, 0) is 18.5 Å². The van der Waals surface area contributed by atoms with Gasteiger partial charge in [0.1, 0.15) is 0 Å². The van der Waals surface area contributed by atoms with Crippen LogP contribution in [0.25, 0.3) is 11.4 Å². The molecule has 0 aliphatic heterocycles. The molecule has 0 aliphatic carbocycles. The molecule has 3 nitrogen and oxygen atoms in total. The number of halogens is 3. The van der Waals surface area contributed by atoms with Crippen LogP contribution in [0.1, 0.15) is 28.5 Å². The fourth-order valence-electron chi connectivity index (χ4n) is 2.60. The van der Waals surface area contributed by atoms with Crippen LogP contribution >= 0.6 is 23.1 Å². The highest BCUT2D eigenvalue weighted by atomic mass is 32.2. The third-order valence-electron chi connectivity index (χ3n) is 4.18. The van der Waals surface area contributed by atoms with Crippen molar-refractivity contribution in [2.75, 3.05) is 0 Å². The number of rotatable bonds is 5. The zero-order chi connectivity index (χ0) is 18.9. The van der Waals surface area contributed by atoms with Crippen LogP contribution in [0.5, 0.6) is 0 Å². The Morgan fingerprint density at radius 2 is 1.96 bits per heavy atom. The molecule has 138 valence electrons. The zero-order valence-electron chi connectivity index (χ0n) is 14.6. The number of alkyl halides is 3. The summed E-state index contributed by atoms with van der Waals surface area (Å²) < 4.78 is 40.6. The molecule has 0 atom stereocenters. The maximum Gasteiger partial charge on any atom is 0.416 e. The molecule has 0 aliphatic rings. The summed E-state index contributed by atoms with van der Waals surface area (Å²) in [7, 11) is 0. The largest absolute Gasteiger partial charge is 0.416 e. The molecule has 0 bridgehead atoms. The molecule has 0 saturated heterocycles. The van der Waals surface area contributed by atoms with Crippen LogP contribution in [0.2, 0.25) is 0 Å². The average Bonchev–Trinajstić information content (AvgIpc) is 3.16. The molecule has 3 aromatic rings. The predicted octanol–water partition coefficient (Wildman–Crippen LogP) is 5.95. The van der Waals surface area contributed by atoms with Crippen LogP contribution in [-0.4, -0.2) is 14.8 Å². The van der Waals surface area contributed by atoms with Gasteiger partial charge in [0.05, 0.1) is 5.56 Å². The second kappa shape index (κ2) is 7.44. The third-order valence-corrected chi connectivity index (χ3v) is 6.23. The second-order valence-corrected chi connectivity index (χ2v) is 7.89. The van der Waals surface area contributed by atoms with Gasteiger partial charge >= 0.3 is 6.18 Å². The summed E-state index contributed by atoms with van der Waals surface area (Å²) in [6.45, 7) is 6.84. The van der Waals surface area contributed by atoms with E-state index in [0.717, 1.165) is 17.5 Å². The van der Waals surface area contributed by atoms with Crippen molar-refractivity contribution in [3.63, 3.8) is 0 Å². The van der Waals surface area contributed by atoms with E-state index in [9.17, 15) is 13.2 Å². The van der Waals surface area contributed by atoms with Gasteiger partial charge in [-0.3, -0.25) is 0 Å². The fraction of sp³-hybridized carbons (Fsp3) is 0.333. The molecule has 0 N–H and O–H groups in total. The van der Waals surface area contributed by atoms with Crippen molar-refractivity contribution in [3.8, 4) is 11.4 Å². The Labute approximate surface area is 158 Å². The lowest BCUT2D eigenvalue weighted by Gasteiger charge is -2.09. The molecule has 0 saturated carbocycles. The van der Waals surface area contributed by atoms with E-state index < -0.39 is 11.7 Å². The quantitative estimate of drug-likeness (QED) is 0.498. The lowest BCUT2D eigenvalue weighted by Crippen LogP contribution is -2.05. The van der Waals surface area contributed by atoms with Gasteiger partial charge in [-0.1, -0.05) is 30.0 Å². The van der Waals surface area contributed by atoms with E-state index in [1.165, 1.54) is 34.3 Å². The van der Waals surface area contributed by atoms with Crippen molar-refractivity contribution in [1.29, 1.82) is 0 Å². The summed E-state index contributed by atoms with van der Waals surface area (Å²) in [6.07, 6.45) is -4.33. The molecule has 2 aromatic heterocycles. The maximum absolute atomic E-state index is 12.8. The Hall–Kier alpha value is -1.80. The molecular weight excluding hydrogens is 379 g/mol. The topological polar surface area (TPSA) is 30.7 Å². The van der Waals surface area contributed by atoms with Gasteiger partial charge < -0.3 is 4.57 Å². The van der Waals surface area contributed by atoms with Crippen molar-refractivity contribution < 1.29 is 13.2 Å². The molecule has 1 aromatic carbocycles. The molecule has 0 amide bonds. The molecule has 2 heterocycles. The second-order valence-electron chi connectivity index (χ2n) is 5.87. The van der Waals surface area contributed by atoms with Gasteiger partial charge in [-0.25, -0.2) is 0 Å². The predicted molar refractivity (Wildman–Crippen MR) is 99.5 cm³/mol. The number of hydrogen-bond acceptors (Lipinski definition) is 4. The van der Waals surface area contributed by atoms with Gasteiger partial charge in [0, 0.05) is 28.1 Å². The molecule has 0 radical (unpaired) electrons. The van der Waals surface area contributed by atoms with Crippen molar-refractivity contribution >= 4 is 23.1 Å². The first-order valence-corrected chi connectivity index (χ1v) is 9.95. The first-order chi connectivity index (χ1) is 12.3. The number of hydrogen-bond donors (Lipinski definition) is 0. The van der Waals surface area contributed by atoms with Gasteiger partial charge in [-0.15, -0.1) is 21.5 Å². The number of aryl methyl sites for hydroxylation is 1. The fourth-order valence-corrected chi connectivity index (χ4v) is 4.41. The van der Waals surface area contributed by atoms with Gasteiger partial charge in [-0.2, -0.15) is 13.2 Å². The summed E-state index contributed by atoms with van der Waals surface area (Å²) >= 11 is 3.07. The lowest BCUT2D eigenvalue weighted by atomic mass is 10.1. The highest BCUT2D eigenvalue weighted by Crippen LogP contribution is 2.33. The first-order valence-electron chi connectivity index (χ1n) is 8.08. The SMILES string of the molecule is CCn1c(SCc2cccc(C(F)(F)F)c2)nnc1-c1csc(C)c1C. The maximum atomic E-state index is 12.8. The monoisotopic (exact) mass is 397 g/mol. The van der Waals surface area contributed by atoms with E-state index in [0.29, 0.717) is 23.0 Å². The van der Waals surface area contributed by atoms with Gasteiger partial charge in [0.15, 0.2) is 11.0 Å². The summed E-state index contributed by atoms with van der Waals surface area (Å²) in [4.78, 5) is 1.24. The van der Waals surface area contributed by atoms with E-state index >= 15 is 0 Å².